The molecule has 1 heterocycles. The second-order valence-electron chi connectivity index (χ2n) is 4.21. The summed E-state index contributed by atoms with van der Waals surface area (Å²) >= 11 is 0. The Bertz CT molecular complexity index is 292. The van der Waals surface area contributed by atoms with Gasteiger partial charge in [0.15, 0.2) is 0 Å². The van der Waals surface area contributed by atoms with Crippen molar-refractivity contribution in [2.24, 2.45) is 0 Å². The molecule has 1 aromatic heterocycles. The molecule has 0 bridgehead atoms. The fourth-order valence-corrected chi connectivity index (χ4v) is 0.824. The Morgan fingerprint density at radius 2 is 1.67 bits per heavy atom. The third kappa shape index (κ3) is 7.55. The predicted molar refractivity (Wildman–Crippen MR) is 60.4 cm³/mol. The summed E-state index contributed by atoms with van der Waals surface area (Å²) < 4.78 is 0. The molecule has 0 aliphatic carbocycles. The van der Waals surface area contributed by atoms with Crippen LogP contribution in [0.15, 0.2) is 23.1 Å². The average Bonchev–Trinajstić information content (AvgIpc) is 2.04. The molecule has 15 heavy (non-hydrogen) atoms. The zero-order valence-corrected chi connectivity index (χ0v) is 13.0. The SMILES string of the molecule is CC(C)(C)c1ccc(=O)[n-]c1.C[CH-]C.[W+2]. The summed E-state index contributed by atoms with van der Waals surface area (Å²) in [6.07, 6.45) is 3.64. The van der Waals surface area contributed by atoms with Crippen LogP contribution in [0.2, 0.25) is 0 Å². The van der Waals surface area contributed by atoms with Gasteiger partial charge in [0.1, 0.15) is 0 Å². The van der Waals surface area contributed by atoms with Crippen LogP contribution in [-0.4, -0.2) is 0 Å². The van der Waals surface area contributed by atoms with E-state index in [0.29, 0.717) is 0 Å². The van der Waals surface area contributed by atoms with Crippen LogP contribution in [0.1, 0.15) is 40.2 Å². The molecule has 0 aliphatic heterocycles. The first-order chi connectivity index (χ1) is 6.41. The van der Waals surface area contributed by atoms with Gasteiger partial charge in [-0.25, -0.2) is 0 Å². The minimum Gasteiger partial charge on any atom is -0.629 e. The summed E-state index contributed by atoms with van der Waals surface area (Å²) in [5.74, 6) is 0. The molecule has 0 N–H and O–H groups in total. The third-order valence-electron chi connectivity index (χ3n) is 1.60. The summed E-state index contributed by atoms with van der Waals surface area (Å²) in [5.41, 5.74) is 1.01. The standard InChI is InChI=1S/C9H13NO.C3H7.W/c1-9(2,3)7-4-5-8(11)10-6-7;1-3-2;/h4-6H,1-3H3,(H,10,11);3H,1-2H3;/q;-1;+2/p-1. The molecule has 0 aromatic carbocycles. The summed E-state index contributed by atoms with van der Waals surface area (Å²) in [7, 11) is 0. The monoisotopic (exact) mass is 377 g/mol. The van der Waals surface area contributed by atoms with E-state index in [-0.39, 0.29) is 32.0 Å². The summed E-state index contributed by atoms with van der Waals surface area (Å²) in [5, 5.41) is 0. The van der Waals surface area contributed by atoms with Gasteiger partial charge in [-0.1, -0.05) is 32.4 Å². The summed E-state index contributed by atoms with van der Waals surface area (Å²) in [4.78, 5) is 14.3. The van der Waals surface area contributed by atoms with Gasteiger partial charge < -0.3 is 16.2 Å². The third-order valence-corrected chi connectivity index (χ3v) is 1.60. The van der Waals surface area contributed by atoms with Gasteiger partial charge in [0.25, 0.3) is 0 Å². The second-order valence-corrected chi connectivity index (χ2v) is 4.21. The molecule has 3 heteroatoms. The van der Waals surface area contributed by atoms with E-state index in [1.54, 1.807) is 6.20 Å². The zero-order chi connectivity index (χ0) is 11.2. The number of rotatable bonds is 0. The van der Waals surface area contributed by atoms with Crippen LogP contribution in [0.5, 0.6) is 0 Å². The Kier molecular flexibility index (Phi) is 8.94. The Labute approximate surface area is 107 Å². The van der Waals surface area contributed by atoms with E-state index in [4.69, 9.17) is 0 Å². The van der Waals surface area contributed by atoms with Crippen molar-refractivity contribution < 1.29 is 21.1 Å². The van der Waals surface area contributed by atoms with Gasteiger partial charge in [-0.2, -0.15) is 20.0 Å². The Balaban J connectivity index is 0. The van der Waals surface area contributed by atoms with E-state index in [2.05, 4.69) is 25.8 Å². The first kappa shape index (κ1) is 17.0. The van der Waals surface area contributed by atoms with E-state index >= 15 is 0 Å². The second kappa shape index (κ2) is 7.87. The minimum atomic E-state index is -0.169. The molecule has 0 fully saturated rings. The molecule has 0 amide bonds. The average molecular weight is 377 g/mol. The molecule has 84 valence electrons. The Hall–Kier alpha value is -0.362. The van der Waals surface area contributed by atoms with Crippen molar-refractivity contribution >= 4 is 0 Å². The molecule has 0 aliphatic rings. The predicted octanol–water partition coefficient (Wildman–Crippen LogP) is 2.53. The van der Waals surface area contributed by atoms with Crippen molar-refractivity contribution in [3.63, 3.8) is 0 Å². The van der Waals surface area contributed by atoms with Crippen LogP contribution >= 0.6 is 0 Å². The van der Waals surface area contributed by atoms with E-state index in [1.165, 1.54) is 6.07 Å². The summed E-state index contributed by atoms with van der Waals surface area (Å²) in [6.45, 7) is 10.3. The van der Waals surface area contributed by atoms with Crippen molar-refractivity contribution in [3.05, 3.63) is 40.7 Å². The quantitative estimate of drug-likeness (QED) is 0.651. The summed E-state index contributed by atoms with van der Waals surface area (Å²) in [6, 6.07) is 3.33. The van der Waals surface area contributed by atoms with E-state index in [9.17, 15) is 4.79 Å². The van der Waals surface area contributed by atoms with Gasteiger partial charge in [0, 0.05) is 0 Å². The zero-order valence-electron chi connectivity index (χ0n) is 10.1. The van der Waals surface area contributed by atoms with Crippen LogP contribution in [0.3, 0.4) is 0 Å². The van der Waals surface area contributed by atoms with Crippen LogP contribution < -0.4 is 10.5 Å². The van der Waals surface area contributed by atoms with Gasteiger partial charge in [0.2, 0.25) is 0 Å². The molecule has 0 radical (unpaired) electrons. The fourth-order valence-electron chi connectivity index (χ4n) is 0.824. The number of hydrogen-bond donors (Lipinski definition) is 0. The maximum absolute atomic E-state index is 10.6. The van der Waals surface area contributed by atoms with Crippen LogP contribution in [0, 0.1) is 6.42 Å². The first-order valence-electron chi connectivity index (χ1n) is 4.79. The van der Waals surface area contributed by atoms with Crippen LogP contribution in [-0.2, 0) is 26.5 Å². The molecule has 1 aromatic rings. The molecule has 2 nitrogen and oxygen atoms in total. The maximum atomic E-state index is 10.6. The number of nitrogens with zero attached hydrogens (tertiary/aromatic N) is 1. The molecule has 0 unspecified atom stereocenters. The van der Waals surface area contributed by atoms with Gasteiger partial charge >= 0.3 is 21.1 Å². The molecule has 1 rings (SSSR count). The molecule has 0 spiro atoms. The number of aromatic nitrogens is 1. The molecule has 0 atom stereocenters. The normalized spacial score (nSPS) is 9.67. The van der Waals surface area contributed by atoms with E-state index in [1.807, 2.05) is 26.3 Å². The van der Waals surface area contributed by atoms with Crippen molar-refractivity contribution in [3.8, 4) is 0 Å². The molecular weight excluding hydrogens is 358 g/mol. The van der Waals surface area contributed by atoms with Crippen molar-refractivity contribution in [1.82, 2.24) is 4.98 Å². The number of pyridine rings is 1. The fraction of sp³-hybridized carbons (Fsp3) is 0.500. The van der Waals surface area contributed by atoms with Crippen LogP contribution in [0.25, 0.3) is 0 Å². The molecule has 0 saturated carbocycles. The van der Waals surface area contributed by atoms with Gasteiger partial charge in [-0.15, -0.1) is 0 Å². The number of hydrogen-bond acceptors (Lipinski definition) is 1. The Morgan fingerprint density at radius 3 is 1.93 bits per heavy atom. The molecular formula is C12H19NOW. The van der Waals surface area contributed by atoms with Crippen molar-refractivity contribution in [2.45, 2.75) is 40.0 Å². The van der Waals surface area contributed by atoms with Crippen molar-refractivity contribution in [1.29, 1.82) is 0 Å². The van der Waals surface area contributed by atoms with Gasteiger partial charge in [0.05, 0.1) is 5.56 Å². The van der Waals surface area contributed by atoms with Crippen LogP contribution in [0.4, 0.5) is 0 Å². The first-order valence-corrected chi connectivity index (χ1v) is 4.79. The largest absolute Gasteiger partial charge is 2.00 e. The van der Waals surface area contributed by atoms with Crippen molar-refractivity contribution in [2.75, 3.05) is 0 Å². The van der Waals surface area contributed by atoms with Gasteiger partial charge in [-0.3, -0.25) is 0 Å². The topological polar surface area (TPSA) is 31.2 Å². The van der Waals surface area contributed by atoms with E-state index in [0.717, 1.165) is 5.56 Å². The Morgan fingerprint density at radius 1 is 1.20 bits per heavy atom. The maximum Gasteiger partial charge on any atom is 2.00 e. The van der Waals surface area contributed by atoms with E-state index < -0.39 is 0 Å². The smallest absolute Gasteiger partial charge is 0.629 e. The van der Waals surface area contributed by atoms with Gasteiger partial charge in [-0.05, 0) is 11.5 Å². The minimum absolute atomic E-state index is 0. The molecule has 0 saturated heterocycles.